The highest BCUT2D eigenvalue weighted by Crippen LogP contribution is 2.17. The van der Waals surface area contributed by atoms with Crippen LogP contribution in [0.3, 0.4) is 0 Å². The molecule has 2 rings (SSSR count). The first-order valence-electron chi connectivity index (χ1n) is 14.8. The van der Waals surface area contributed by atoms with E-state index in [2.05, 4.69) is 17.6 Å². The Labute approximate surface area is 226 Å². The van der Waals surface area contributed by atoms with Crippen molar-refractivity contribution in [2.45, 2.75) is 110 Å². The fraction of sp³-hybridized carbons (Fsp3) is 0.545. The quantitative estimate of drug-likeness (QED) is 0.117. The number of phenolic OH excluding ortho intramolecular Hbond substituents is 1. The highest BCUT2D eigenvalue weighted by Gasteiger charge is 2.00. The van der Waals surface area contributed by atoms with Crippen LogP contribution in [-0.2, 0) is 4.79 Å². The zero-order valence-corrected chi connectivity index (χ0v) is 23.1. The van der Waals surface area contributed by atoms with Gasteiger partial charge in [-0.25, -0.2) is 0 Å². The second kappa shape index (κ2) is 20.3. The highest BCUT2D eigenvalue weighted by atomic mass is 16.3. The Bertz CT molecular complexity index is 876. The predicted octanol–water partition coefficient (Wildman–Crippen LogP) is 9.72. The number of nitrogens with one attached hydrogen (secondary N) is 2. The van der Waals surface area contributed by atoms with Crippen molar-refractivity contribution in [1.29, 1.82) is 0 Å². The number of hydrogen-bond acceptors (Lipinski definition) is 3. The van der Waals surface area contributed by atoms with Crippen LogP contribution in [-0.4, -0.2) is 17.6 Å². The molecule has 204 valence electrons. The maximum atomic E-state index is 12.2. The van der Waals surface area contributed by atoms with E-state index in [9.17, 15) is 9.90 Å². The minimum absolute atomic E-state index is 0.178. The summed E-state index contributed by atoms with van der Waals surface area (Å²) in [4.78, 5) is 12.2. The van der Waals surface area contributed by atoms with Crippen LogP contribution in [0.15, 0.2) is 54.6 Å². The molecule has 4 heteroatoms. The summed E-state index contributed by atoms with van der Waals surface area (Å²) in [5, 5.41) is 15.7. The maximum Gasteiger partial charge on any atom is 0.248 e. The van der Waals surface area contributed by atoms with Gasteiger partial charge in [0.1, 0.15) is 5.75 Å². The molecule has 0 saturated heterocycles. The molecular weight excluding hydrogens is 456 g/mol. The van der Waals surface area contributed by atoms with Gasteiger partial charge in [0.25, 0.3) is 0 Å². The van der Waals surface area contributed by atoms with Crippen molar-refractivity contribution in [2.75, 3.05) is 17.2 Å². The zero-order valence-electron chi connectivity index (χ0n) is 23.1. The summed E-state index contributed by atoms with van der Waals surface area (Å²) >= 11 is 0. The summed E-state index contributed by atoms with van der Waals surface area (Å²) < 4.78 is 0. The highest BCUT2D eigenvalue weighted by molar-refractivity contribution is 6.02. The van der Waals surface area contributed by atoms with E-state index < -0.39 is 0 Å². The third-order valence-electron chi connectivity index (χ3n) is 6.81. The van der Waals surface area contributed by atoms with E-state index in [1.54, 1.807) is 30.3 Å². The fourth-order valence-corrected chi connectivity index (χ4v) is 4.55. The van der Waals surface area contributed by atoms with Crippen molar-refractivity contribution in [3.63, 3.8) is 0 Å². The number of carbonyl (C=O) groups is 1. The lowest BCUT2D eigenvalue weighted by Gasteiger charge is -2.09. The first-order chi connectivity index (χ1) is 18.2. The van der Waals surface area contributed by atoms with Gasteiger partial charge in [-0.2, -0.15) is 0 Å². The van der Waals surface area contributed by atoms with Gasteiger partial charge in [-0.3, -0.25) is 4.79 Å². The number of hydrogen-bond donors (Lipinski definition) is 3. The van der Waals surface area contributed by atoms with Crippen molar-refractivity contribution in [2.24, 2.45) is 0 Å². The molecule has 0 radical (unpaired) electrons. The van der Waals surface area contributed by atoms with Gasteiger partial charge in [0.05, 0.1) is 0 Å². The maximum absolute atomic E-state index is 12.2. The predicted molar refractivity (Wildman–Crippen MR) is 160 cm³/mol. The van der Waals surface area contributed by atoms with Crippen molar-refractivity contribution in [3.8, 4) is 5.75 Å². The Morgan fingerprint density at radius 1 is 0.703 bits per heavy atom. The number of carbonyl (C=O) groups excluding carboxylic acids is 1. The number of unbranched alkanes of at least 4 members (excludes halogenated alkanes) is 15. The molecule has 2 aromatic rings. The minimum Gasteiger partial charge on any atom is -0.508 e. The molecule has 0 aliphatic rings. The van der Waals surface area contributed by atoms with Crippen LogP contribution in [0.1, 0.15) is 115 Å². The monoisotopic (exact) mass is 506 g/mol. The average Bonchev–Trinajstić information content (AvgIpc) is 2.90. The average molecular weight is 507 g/mol. The van der Waals surface area contributed by atoms with Crippen LogP contribution in [0.5, 0.6) is 5.75 Å². The molecule has 0 bridgehead atoms. The van der Waals surface area contributed by atoms with E-state index in [1.807, 2.05) is 24.3 Å². The van der Waals surface area contributed by atoms with Crippen LogP contribution in [0.4, 0.5) is 11.4 Å². The summed E-state index contributed by atoms with van der Waals surface area (Å²) in [6.07, 6.45) is 25.4. The van der Waals surface area contributed by atoms with Gasteiger partial charge in [0.2, 0.25) is 5.91 Å². The van der Waals surface area contributed by atoms with Crippen LogP contribution in [0, 0.1) is 0 Å². The van der Waals surface area contributed by atoms with Gasteiger partial charge in [-0.05, 0) is 48.4 Å². The molecular formula is C33H50N2O2. The van der Waals surface area contributed by atoms with Gasteiger partial charge >= 0.3 is 0 Å². The molecule has 1 amide bonds. The van der Waals surface area contributed by atoms with Crippen LogP contribution < -0.4 is 10.6 Å². The topological polar surface area (TPSA) is 61.4 Å². The van der Waals surface area contributed by atoms with Crippen molar-refractivity contribution in [1.82, 2.24) is 0 Å². The Morgan fingerprint density at radius 3 is 1.78 bits per heavy atom. The number of phenols is 1. The van der Waals surface area contributed by atoms with Crippen molar-refractivity contribution < 1.29 is 9.90 Å². The van der Waals surface area contributed by atoms with E-state index in [0.717, 1.165) is 23.5 Å². The minimum atomic E-state index is -0.178. The van der Waals surface area contributed by atoms with Gasteiger partial charge < -0.3 is 15.7 Å². The molecule has 3 N–H and O–H groups in total. The molecule has 0 aliphatic carbocycles. The summed E-state index contributed by atoms with van der Waals surface area (Å²) in [7, 11) is 0. The molecule has 0 unspecified atom stereocenters. The first kappa shape index (κ1) is 30.5. The van der Waals surface area contributed by atoms with Crippen molar-refractivity contribution in [3.05, 3.63) is 60.2 Å². The Balaban J connectivity index is 1.45. The Kier molecular flexibility index (Phi) is 16.7. The lowest BCUT2D eigenvalue weighted by molar-refractivity contribution is -0.111. The third kappa shape index (κ3) is 15.9. The molecule has 0 atom stereocenters. The lowest BCUT2D eigenvalue weighted by atomic mass is 10.0. The van der Waals surface area contributed by atoms with Crippen LogP contribution in [0.2, 0.25) is 0 Å². The van der Waals surface area contributed by atoms with E-state index in [0.29, 0.717) is 0 Å². The first-order valence-corrected chi connectivity index (χ1v) is 14.8. The molecule has 0 aliphatic heterocycles. The number of rotatable bonds is 21. The summed E-state index contributed by atoms with van der Waals surface area (Å²) in [6, 6.07) is 14.6. The van der Waals surface area contributed by atoms with Gasteiger partial charge in [0.15, 0.2) is 0 Å². The summed E-state index contributed by atoms with van der Waals surface area (Å²) in [5.74, 6) is 0.0357. The van der Waals surface area contributed by atoms with E-state index in [-0.39, 0.29) is 11.7 Å². The smallest absolute Gasteiger partial charge is 0.248 e. The van der Waals surface area contributed by atoms with E-state index >= 15 is 0 Å². The number of benzene rings is 2. The summed E-state index contributed by atoms with van der Waals surface area (Å²) in [6.45, 7) is 3.24. The molecule has 37 heavy (non-hydrogen) atoms. The molecule has 0 aromatic heterocycles. The van der Waals surface area contributed by atoms with Crippen molar-refractivity contribution >= 4 is 23.4 Å². The second-order valence-corrected chi connectivity index (χ2v) is 10.2. The SMILES string of the molecule is CCCCCCCCCCCCCCCCCCNc1cccc(NC(=O)/C=C/c2ccc(O)cc2)c1. The fourth-order valence-electron chi connectivity index (χ4n) is 4.55. The Morgan fingerprint density at radius 2 is 1.22 bits per heavy atom. The largest absolute Gasteiger partial charge is 0.508 e. The molecule has 0 saturated carbocycles. The molecule has 2 aromatic carbocycles. The number of amides is 1. The van der Waals surface area contributed by atoms with Gasteiger partial charge in [-0.1, -0.05) is 121 Å². The van der Waals surface area contributed by atoms with Crippen LogP contribution >= 0.6 is 0 Å². The molecule has 4 nitrogen and oxygen atoms in total. The van der Waals surface area contributed by atoms with Crippen LogP contribution in [0.25, 0.3) is 6.08 Å². The third-order valence-corrected chi connectivity index (χ3v) is 6.81. The van der Waals surface area contributed by atoms with E-state index in [4.69, 9.17) is 0 Å². The zero-order chi connectivity index (χ0) is 26.4. The van der Waals surface area contributed by atoms with E-state index in [1.165, 1.54) is 109 Å². The van der Waals surface area contributed by atoms with Gasteiger partial charge in [-0.15, -0.1) is 0 Å². The molecule has 0 spiro atoms. The normalized spacial score (nSPS) is 11.2. The Hall–Kier alpha value is -2.75. The molecule has 0 heterocycles. The van der Waals surface area contributed by atoms with Gasteiger partial charge in [0, 0.05) is 24.0 Å². The number of aromatic hydroxyl groups is 1. The second-order valence-electron chi connectivity index (χ2n) is 10.2. The number of anilines is 2. The standard InChI is InChI=1S/C33H50N2O2/c1-2-3-4-5-6-7-8-9-10-11-12-13-14-15-16-17-27-34-30-19-18-20-31(28-30)35-33(37)26-23-29-21-24-32(36)25-22-29/h18-26,28,34,36H,2-17,27H2,1H3,(H,35,37)/b26-23+. The molecule has 0 fully saturated rings. The lowest BCUT2D eigenvalue weighted by Crippen LogP contribution is -2.08. The summed E-state index contributed by atoms with van der Waals surface area (Å²) in [5.41, 5.74) is 2.67.